The number of carbonyl (C=O) groups excluding carboxylic acids is 1. The van der Waals surface area contributed by atoms with E-state index in [1.807, 2.05) is 23.8 Å². The standard InChI is InChI=1S/C21H20N4O2S2/c1-13-3-5-15(6-4-13)11-17-14(2)22-21(29-17)23-18(26)7-8-19-24-20(25-27-19)16-9-10-28-12-16/h3-6,9-10,12H,7-8,11H2,1-2H3,(H,22,23,26). The fraction of sp³-hybridized carbons (Fsp3) is 0.238. The van der Waals surface area contributed by atoms with Gasteiger partial charge in [0.25, 0.3) is 0 Å². The van der Waals surface area contributed by atoms with Crippen LogP contribution in [0.4, 0.5) is 5.13 Å². The van der Waals surface area contributed by atoms with Gasteiger partial charge in [0.15, 0.2) is 5.13 Å². The van der Waals surface area contributed by atoms with Gasteiger partial charge in [0.05, 0.1) is 5.69 Å². The summed E-state index contributed by atoms with van der Waals surface area (Å²) in [5.41, 5.74) is 4.35. The highest BCUT2D eigenvalue weighted by molar-refractivity contribution is 7.15. The van der Waals surface area contributed by atoms with Crippen LogP contribution < -0.4 is 5.32 Å². The normalized spacial score (nSPS) is 11.0. The first-order chi connectivity index (χ1) is 14.1. The van der Waals surface area contributed by atoms with E-state index in [1.165, 1.54) is 22.5 Å². The third-order valence-corrected chi connectivity index (χ3v) is 6.19. The molecule has 8 heteroatoms. The summed E-state index contributed by atoms with van der Waals surface area (Å²) in [6, 6.07) is 10.4. The van der Waals surface area contributed by atoms with Crippen LogP contribution in [0.2, 0.25) is 0 Å². The molecular weight excluding hydrogens is 404 g/mol. The number of nitrogens with zero attached hydrogens (tertiary/aromatic N) is 3. The van der Waals surface area contributed by atoms with Crippen molar-refractivity contribution in [2.24, 2.45) is 0 Å². The summed E-state index contributed by atoms with van der Waals surface area (Å²) in [4.78, 5) is 22.3. The first kappa shape index (κ1) is 19.5. The van der Waals surface area contributed by atoms with E-state index < -0.39 is 0 Å². The summed E-state index contributed by atoms with van der Waals surface area (Å²) >= 11 is 3.09. The Kier molecular flexibility index (Phi) is 5.82. The van der Waals surface area contributed by atoms with Crippen LogP contribution in [0.15, 0.2) is 45.6 Å². The SMILES string of the molecule is Cc1ccc(Cc2sc(NC(=O)CCc3nc(-c4ccsc4)no3)nc2C)cc1. The lowest BCUT2D eigenvalue weighted by Crippen LogP contribution is -2.12. The molecule has 1 N–H and O–H groups in total. The van der Waals surface area contributed by atoms with Gasteiger partial charge in [-0.05, 0) is 30.9 Å². The Morgan fingerprint density at radius 2 is 1.97 bits per heavy atom. The molecule has 0 saturated carbocycles. The van der Waals surface area contributed by atoms with Crippen LogP contribution in [0.5, 0.6) is 0 Å². The quantitative estimate of drug-likeness (QED) is 0.450. The van der Waals surface area contributed by atoms with Gasteiger partial charge < -0.3 is 9.84 Å². The molecule has 0 bridgehead atoms. The van der Waals surface area contributed by atoms with Crippen molar-refractivity contribution in [2.45, 2.75) is 33.1 Å². The van der Waals surface area contributed by atoms with Crippen molar-refractivity contribution < 1.29 is 9.32 Å². The maximum atomic E-state index is 12.3. The van der Waals surface area contributed by atoms with Gasteiger partial charge in [0.1, 0.15) is 0 Å². The highest BCUT2D eigenvalue weighted by Crippen LogP contribution is 2.25. The number of thiazole rings is 1. The molecule has 0 radical (unpaired) electrons. The second-order valence-electron chi connectivity index (χ2n) is 6.76. The minimum atomic E-state index is -0.115. The number of nitrogens with one attached hydrogen (secondary N) is 1. The summed E-state index contributed by atoms with van der Waals surface area (Å²) in [7, 11) is 0. The largest absolute Gasteiger partial charge is 0.339 e. The Morgan fingerprint density at radius 3 is 2.72 bits per heavy atom. The number of thiophene rings is 1. The Hall–Kier alpha value is -2.84. The van der Waals surface area contributed by atoms with Gasteiger partial charge in [-0.1, -0.05) is 35.0 Å². The first-order valence-corrected chi connectivity index (χ1v) is 11.0. The van der Waals surface area contributed by atoms with Crippen LogP contribution in [0.1, 0.15) is 34.0 Å². The van der Waals surface area contributed by atoms with Crippen LogP contribution >= 0.6 is 22.7 Å². The lowest BCUT2D eigenvalue weighted by Gasteiger charge is -2.00. The predicted octanol–water partition coefficient (Wildman–Crippen LogP) is 5.03. The maximum Gasteiger partial charge on any atom is 0.227 e. The van der Waals surface area contributed by atoms with Crippen LogP contribution in [0, 0.1) is 13.8 Å². The Balaban J connectivity index is 1.32. The number of hydrogen-bond donors (Lipinski definition) is 1. The molecule has 3 aromatic heterocycles. The molecular formula is C21H20N4O2S2. The second kappa shape index (κ2) is 8.67. The summed E-state index contributed by atoms with van der Waals surface area (Å²) in [6.07, 6.45) is 1.47. The van der Waals surface area contributed by atoms with Gasteiger partial charge in [-0.25, -0.2) is 4.98 Å². The van der Waals surface area contributed by atoms with Crippen molar-refractivity contribution in [1.82, 2.24) is 15.1 Å². The zero-order valence-corrected chi connectivity index (χ0v) is 17.8. The number of carbonyl (C=O) groups is 1. The highest BCUT2D eigenvalue weighted by Gasteiger charge is 2.14. The number of benzene rings is 1. The lowest BCUT2D eigenvalue weighted by molar-refractivity contribution is -0.116. The Morgan fingerprint density at radius 1 is 1.14 bits per heavy atom. The average molecular weight is 425 g/mol. The van der Waals surface area contributed by atoms with Crippen LogP contribution in [0.3, 0.4) is 0 Å². The molecule has 0 saturated heterocycles. The number of rotatable bonds is 7. The predicted molar refractivity (Wildman–Crippen MR) is 115 cm³/mol. The first-order valence-electron chi connectivity index (χ1n) is 9.23. The molecule has 0 atom stereocenters. The molecule has 0 aliphatic carbocycles. The molecule has 4 rings (SSSR count). The molecule has 1 amide bonds. The van der Waals surface area contributed by atoms with Gasteiger partial charge in [-0.3, -0.25) is 4.79 Å². The highest BCUT2D eigenvalue weighted by atomic mass is 32.1. The van der Waals surface area contributed by atoms with E-state index in [0.29, 0.717) is 23.3 Å². The Labute approximate surface area is 176 Å². The van der Waals surface area contributed by atoms with E-state index in [1.54, 1.807) is 11.3 Å². The van der Waals surface area contributed by atoms with Gasteiger partial charge in [-0.15, -0.1) is 11.3 Å². The third kappa shape index (κ3) is 4.96. The summed E-state index contributed by atoms with van der Waals surface area (Å²) in [5.74, 6) is 0.894. The third-order valence-electron chi connectivity index (χ3n) is 4.44. The van der Waals surface area contributed by atoms with Crippen molar-refractivity contribution in [3.05, 3.63) is 68.7 Å². The van der Waals surface area contributed by atoms with Gasteiger partial charge >= 0.3 is 0 Å². The van der Waals surface area contributed by atoms with Crippen molar-refractivity contribution in [1.29, 1.82) is 0 Å². The van der Waals surface area contributed by atoms with E-state index in [9.17, 15) is 4.79 Å². The van der Waals surface area contributed by atoms with Crippen molar-refractivity contribution >= 4 is 33.7 Å². The monoisotopic (exact) mass is 424 g/mol. The fourth-order valence-corrected chi connectivity index (χ4v) is 4.45. The summed E-state index contributed by atoms with van der Waals surface area (Å²) in [6.45, 7) is 4.05. The van der Waals surface area contributed by atoms with E-state index in [2.05, 4.69) is 51.6 Å². The van der Waals surface area contributed by atoms with Crippen molar-refractivity contribution in [3.63, 3.8) is 0 Å². The van der Waals surface area contributed by atoms with Gasteiger partial charge in [0, 0.05) is 35.1 Å². The van der Waals surface area contributed by atoms with E-state index >= 15 is 0 Å². The number of aryl methyl sites for hydroxylation is 3. The maximum absolute atomic E-state index is 12.3. The number of anilines is 1. The van der Waals surface area contributed by atoms with E-state index in [0.717, 1.165) is 22.6 Å². The minimum absolute atomic E-state index is 0.115. The van der Waals surface area contributed by atoms with Crippen LogP contribution in [-0.4, -0.2) is 21.0 Å². The molecule has 29 heavy (non-hydrogen) atoms. The Bertz CT molecular complexity index is 1100. The lowest BCUT2D eigenvalue weighted by atomic mass is 10.1. The minimum Gasteiger partial charge on any atom is -0.339 e. The molecule has 4 aromatic rings. The van der Waals surface area contributed by atoms with Crippen molar-refractivity contribution in [2.75, 3.05) is 5.32 Å². The summed E-state index contributed by atoms with van der Waals surface area (Å²) in [5, 5.41) is 11.4. The zero-order valence-electron chi connectivity index (χ0n) is 16.1. The van der Waals surface area contributed by atoms with Crippen molar-refractivity contribution in [3.8, 4) is 11.4 Å². The average Bonchev–Trinajstić information content (AvgIpc) is 3.44. The number of hydrogen-bond acceptors (Lipinski definition) is 7. The summed E-state index contributed by atoms with van der Waals surface area (Å²) < 4.78 is 5.24. The molecule has 0 aliphatic rings. The molecule has 0 unspecified atom stereocenters. The smallest absolute Gasteiger partial charge is 0.227 e. The number of aromatic nitrogens is 3. The zero-order chi connectivity index (χ0) is 20.2. The molecule has 6 nitrogen and oxygen atoms in total. The molecule has 1 aromatic carbocycles. The number of amides is 1. The molecule has 3 heterocycles. The molecule has 0 aliphatic heterocycles. The molecule has 0 spiro atoms. The second-order valence-corrected chi connectivity index (χ2v) is 8.63. The molecule has 148 valence electrons. The van der Waals surface area contributed by atoms with E-state index in [-0.39, 0.29) is 12.3 Å². The molecule has 0 fully saturated rings. The van der Waals surface area contributed by atoms with Crippen LogP contribution in [-0.2, 0) is 17.6 Å². The van der Waals surface area contributed by atoms with Gasteiger partial charge in [-0.2, -0.15) is 16.3 Å². The van der Waals surface area contributed by atoms with E-state index in [4.69, 9.17) is 4.52 Å². The fourth-order valence-electron chi connectivity index (χ4n) is 2.80. The van der Waals surface area contributed by atoms with Crippen LogP contribution in [0.25, 0.3) is 11.4 Å². The van der Waals surface area contributed by atoms with Gasteiger partial charge in [0.2, 0.25) is 17.6 Å². The topological polar surface area (TPSA) is 80.9 Å².